The second kappa shape index (κ2) is 6.36. The highest BCUT2D eigenvalue weighted by Crippen LogP contribution is 2.23. The van der Waals surface area contributed by atoms with Crippen LogP contribution in [0.3, 0.4) is 0 Å². The third-order valence-electron chi connectivity index (χ3n) is 4.48. The molecule has 2 aliphatic heterocycles. The third-order valence-corrected chi connectivity index (χ3v) is 4.48. The van der Waals surface area contributed by atoms with Gasteiger partial charge in [0.15, 0.2) is 0 Å². The number of hydrogen-bond acceptors (Lipinski definition) is 3. The Morgan fingerprint density at radius 2 is 2.11 bits per heavy atom. The molecule has 18 heavy (non-hydrogen) atoms. The number of ether oxygens (including phenoxy) is 1. The first kappa shape index (κ1) is 14.3. The fourth-order valence-electron chi connectivity index (χ4n) is 3.44. The molecule has 1 N–H and O–H groups in total. The van der Waals surface area contributed by atoms with Crippen LogP contribution in [0.2, 0.25) is 0 Å². The van der Waals surface area contributed by atoms with Crippen LogP contribution < -0.4 is 5.32 Å². The summed E-state index contributed by atoms with van der Waals surface area (Å²) >= 11 is 0. The van der Waals surface area contributed by atoms with Crippen molar-refractivity contribution in [3.8, 4) is 0 Å². The van der Waals surface area contributed by atoms with Gasteiger partial charge in [-0.05, 0) is 39.0 Å². The molecule has 0 saturated carbocycles. The smallest absolute Gasteiger partial charge is 0.0728 e. The lowest BCUT2D eigenvalue weighted by Crippen LogP contribution is -2.60. The minimum absolute atomic E-state index is 0.463. The molecule has 2 fully saturated rings. The van der Waals surface area contributed by atoms with Gasteiger partial charge in [-0.1, -0.05) is 13.8 Å². The lowest BCUT2D eigenvalue weighted by Gasteiger charge is -2.44. The Morgan fingerprint density at radius 3 is 2.72 bits per heavy atom. The molecular weight excluding hydrogens is 224 g/mol. The SMILES string of the molecule is CC(C)CC1CN(C(C)C2CCCO2)C(C)CN1. The van der Waals surface area contributed by atoms with E-state index < -0.39 is 0 Å². The molecule has 2 saturated heterocycles. The third kappa shape index (κ3) is 3.46. The van der Waals surface area contributed by atoms with Crippen molar-refractivity contribution in [3.05, 3.63) is 0 Å². The molecule has 0 aromatic rings. The summed E-state index contributed by atoms with van der Waals surface area (Å²) < 4.78 is 5.87. The zero-order valence-electron chi connectivity index (χ0n) is 12.5. The molecule has 0 aliphatic carbocycles. The van der Waals surface area contributed by atoms with Crippen molar-refractivity contribution in [2.45, 2.75) is 71.2 Å². The van der Waals surface area contributed by atoms with Crippen LogP contribution in [0.5, 0.6) is 0 Å². The van der Waals surface area contributed by atoms with Gasteiger partial charge in [-0.25, -0.2) is 0 Å². The minimum atomic E-state index is 0.463. The van der Waals surface area contributed by atoms with Gasteiger partial charge in [0.2, 0.25) is 0 Å². The summed E-state index contributed by atoms with van der Waals surface area (Å²) in [5.41, 5.74) is 0. The van der Waals surface area contributed by atoms with Crippen molar-refractivity contribution in [3.63, 3.8) is 0 Å². The van der Waals surface area contributed by atoms with Crippen molar-refractivity contribution in [1.29, 1.82) is 0 Å². The van der Waals surface area contributed by atoms with Gasteiger partial charge in [0.25, 0.3) is 0 Å². The Labute approximate surface area is 112 Å². The van der Waals surface area contributed by atoms with Crippen LogP contribution >= 0.6 is 0 Å². The van der Waals surface area contributed by atoms with E-state index in [9.17, 15) is 0 Å². The van der Waals surface area contributed by atoms with Crippen molar-refractivity contribution < 1.29 is 4.74 Å². The molecule has 0 radical (unpaired) electrons. The van der Waals surface area contributed by atoms with E-state index in [0.717, 1.165) is 19.1 Å². The maximum atomic E-state index is 5.87. The summed E-state index contributed by atoms with van der Waals surface area (Å²) in [6, 6.07) is 1.86. The van der Waals surface area contributed by atoms with Gasteiger partial charge in [0, 0.05) is 37.8 Å². The number of piperazine rings is 1. The maximum Gasteiger partial charge on any atom is 0.0728 e. The number of rotatable bonds is 4. The average molecular weight is 254 g/mol. The molecule has 0 aromatic carbocycles. The van der Waals surface area contributed by atoms with Crippen LogP contribution in [0.1, 0.15) is 47.0 Å². The second-order valence-electron chi connectivity index (χ2n) is 6.57. The summed E-state index contributed by atoms with van der Waals surface area (Å²) in [6.07, 6.45) is 4.23. The predicted molar refractivity (Wildman–Crippen MR) is 75.8 cm³/mol. The molecule has 0 spiro atoms. The first-order valence-electron chi connectivity index (χ1n) is 7.68. The quantitative estimate of drug-likeness (QED) is 0.833. The molecule has 106 valence electrons. The molecule has 2 aliphatic rings. The highest BCUT2D eigenvalue weighted by Gasteiger charge is 2.33. The Balaban J connectivity index is 1.91. The Hall–Kier alpha value is -0.120. The predicted octanol–water partition coefficient (Wildman–Crippen LogP) is 2.26. The highest BCUT2D eigenvalue weighted by molar-refractivity contribution is 4.90. The van der Waals surface area contributed by atoms with Gasteiger partial charge in [-0.15, -0.1) is 0 Å². The lowest BCUT2D eigenvalue weighted by atomic mass is 9.97. The van der Waals surface area contributed by atoms with Crippen LogP contribution in [-0.4, -0.2) is 48.8 Å². The van der Waals surface area contributed by atoms with Gasteiger partial charge in [0.05, 0.1) is 6.10 Å². The van der Waals surface area contributed by atoms with E-state index in [0.29, 0.717) is 24.2 Å². The molecule has 0 amide bonds. The van der Waals surface area contributed by atoms with Crippen molar-refractivity contribution in [2.75, 3.05) is 19.7 Å². The normalized spacial score (nSPS) is 36.2. The summed E-state index contributed by atoms with van der Waals surface area (Å²) in [5.74, 6) is 0.774. The van der Waals surface area contributed by atoms with Gasteiger partial charge >= 0.3 is 0 Å². The molecular formula is C15H30N2O. The first-order chi connectivity index (χ1) is 8.58. The number of hydrogen-bond donors (Lipinski definition) is 1. The van der Waals surface area contributed by atoms with E-state index in [1.807, 2.05) is 0 Å². The summed E-state index contributed by atoms with van der Waals surface area (Å²) in [7, 11) is 0. The fraction of sp³-hybridized carbons (Fsp3) is 1.00. The zero-order valence-corrected chi connectivity index (χ0v) is 12.5. The Morgan fingerprint density at radius 1 is 1.33 bits per heavy atom. The molecule has 0 bridgehead atoms. The van der Waals surface area contributed by atoms with E-state index in [4.69, 9.17) is 4.74 Å². The Kier molecular flexibility index (Phi) is 5.05. The van der Waals surface area contributed by atoms with E-state index in [2.05, 4.69) is 37.9 Å². The fourth-order valence-corrected chi connectivity index (χ4v) is 3.44. The summed E-state index contributed by atoms with van der Waals surface area (Å²) in [5, 5.41) is 3.69. The largest absolute Gasteiger partial charge is 0.377 e. The topological polar surface area (TPSA) is 24.5 Å². The van der Waals surface area contributed by atoms with Crippen LogP contribution in [-0.2, 0) is 4.74 Å². The second-order valence-corrected chi connectivity index (χ2v) is 6.57. The molecule has 4 atom stereocenters. The standard InChI is InChI=1S/C15H30N2O/c1-11(2)8-14-10-17(12(3)9-16-14)13(4)15-6-5-7-18-15/h11-16H,5-10H2,1-4H3. The van der Waals surface area contributed by atoms with Gasteiger partial charge in [0.1, 0.15) is 0 Å². The van der Waals surface area contributed by atoms with E-state index in [1.54, 1.807) is 0 Å². The van der Waals surface area contributed by atoms with Crippen molar-refractivity contribution >= 4 is 0 Å². The van der Waals surface area contributed by atoms with Gasteiger partial charge < -0.3 is 10.1 Å². The first-order valence-corrected chi connectivity index (χ1v) is 7.68. The Bertz CT molecular complexity index is 251. The molecule has 2 heterocycles. The molecule has 3 nitrogen and oxygen atoms in total. The molecule has 0 aromatic heterocycles. The molecule has 4 unspecified atom stereocenters. The van der Waals surface area contributed by atoms with Gasteiger partial charge in [-0.3, -0.25) is 4.90 Å². The van der Waals surface area contributed by atoms with Crippen molar-refractivity contribution in [1.82, 2.24) is 10.2 Å². The maximum absolute atomic E-state index is 5.87. The molecule has 3 heteroatoms. The highest BCUT2D eigenvalue weighted by atomic mass is 16.5. The van der Waals surface area contributed by atoms with Gasteiger partial charge in [-0.2, -0.15) is 0 Å². The summed E-state index contributed by atoms with van der Waals surface area (Å²) in [6.45, 7) is 12.6. The van der Waals surface area contributed by atoms with Crippen LogP contribution in [0, 0.1) is 5.92 Å². The van der Waals surface area contributed by atoms with E-state index >= 15 is 0 Å². The monoisotopic (exact) mass is 254 g/mol. The van der Waals surface area contributed by atoms with E-state index in [-0.39, 0.29) is 0 Å². The number of nitrogens with one attached hydrogen (secondary N) is 1. The van der Waals surface area contributed by atoms with E-state index in [1.165, 1.54) is 25.8 Å². The van der Waals surface area contributed by atoms with Crippen LogP contribution in [0.25, 0.3) is 0 Å². The van der Waals surface area contributed by atoms with Crippen molar-refractivity contribution in [2.24, 2.45) is 5.92 Å². The minimum Gasteiger partial charge on any atom is -0.377 e. The summed E-state index contributed by atoms with van der Waals surface area (Å²) in [4.78, 5) is 2.67. The zero-order chi connectivity index (χ0) is 13.1. The average Bonchev–Trinajstić information content (AvgIpc) is 2.83. The number of nitrogens with zero attached hydrogens (tertiary/aromatic N) is 1. The molecule has 2 rings (SSSR count). The van der Waals surface area contributed by atoms with Crippen LogP contribution in [0.4, 0.5) is 0 Å². The van der Waals surface area contributed by atoms with Crippen LogP contribution in [0.15, 0.2) is 0 Å². The lowest BCUT2D eigenvalue weighted by molar-refractivity contribution is -0.00189.